The van der Waals surface area contributed by atoms with Gasteiger partial charge in [-0.1, -0.05) is 66.7 Å². The van der Waals surface area contributed by atoms with Crippen LogP contribution >= 0.6 is 0 Å². The van der Waals surface area contributed by atoms with Crippen LogP contribution in [-0.4, -0.2) is 10.5 Å². The van der Waals surface area contributed by atoms with E-state index in [1.807, 2.05) is 86.8 Å². The Hall–Kier alpha value is -4.10. The second-order valence-corrected chi connectivity index (χ2v) is 7.94. The fourth-order valence-electron chi connectivity index (χ4n) is 3.83. The van der Waals surface area contributed by atoms with Crippen molar-refractivity contribution in [3.63, 3.8) is 0 Å². The summed E-state index contributed by atoms with van der Waals surface area (Å²) in [5.41, 5.74) is 6.55. The molecule has 1 aromatic heterocycles. The van der Waals surface area contributed by atoms with Crippen molar-refractivity contribution in [1.82, 2.24) is 9.88 Å². The molecule has 32 heavy (non-hydrogen) atoms. The van der Waals surface area contributed by atoms with Crippen LogP contribution in [0.5, 0.6) is 0 Å². The Morgan fingerprint density at radius 1 is 0.969 bits per heavy atom. The Morgan fingerprint density at radius 3 is 2.44 bits per heavy atom. The highest BCUT2D eigenvalue weighted by molar-refractivity contribution is 5.95. The van der Waals surface area contributed by atoms with E-state index in [0.717, 1.165) is 28.9 Å². The van der Waals surface area contributed by atoms with Crippen molar-refractivity contribution >= 4 is 5.91 Å². The summed E-state index contributed by atoms with van der Waals surface area (Å²) in [5, 5.41) is 12.2. The van der Waals surface area contributed by atoms with Crippen molar-refractivity contribution in [3.8, 4) is 17.2 Å². The van der Waals surface area contributed by atoms with Gasteiger partial charge in [0.2, 0.25) is 0 Å². The molecule has 0 spiro atoms. The summed E-state index contributed by atoms with van der Waals surface area (Å²) in [7, 11) is 0. The van der Waals surface area contributed by atoms with E-state index in [4.69, 9.17) is 5.26 Å². The summed E-state index contributed by atoms with van der Waals surface area (Å²) in [6, 6.07) is 29.8. The molecule has 158 valence electrons. The third-order valence-corrected chi connectivity index (χ3v) is 5.77. The van der Waals surface area contributed by atoms with E-state index in [1.165, 1.54) is 5.56 Å². The average Bonchev–Trinajstić information content (AvgIpc) is 3.19. The number of hydrogen-bond donors (Lipinski definition) is 1. The number of benzene rings is 3. The molecule has 1 N–H and O–H groups in total. The molecule has 0 bridgehead atoms. The summed E-state index contributed by atoms with van der Waals surface area (Å²) >= 11 is 0. The lowest BCUT2D eigenvalue weighted by molar-refractivity contribution is 0.0939. The second-order valence-electron chi connectivity index (χ2n) is 7.94. The van der Waals surface area contributed by atoms with Gasteiger partial charge in [-0.25, -0.2) is 0 Å². The lowest BCUT2D eigenvalue weighted by Gasteiger charge is -2.15. The first kappa shape index (κ1) is 21.1. The van der Waals surface area contributed by atoms with Crippen molar-refractivity contribution < 1.29 is 4.79 Å². The largest absolute Gasteiger partial charge is 0.347 e. The maximum Gasteiger partial charge on any atom is 0.253 e. The summed E-state index contributed by atoms with van der Waals surface area (Å²) in [4.78, 5) is 12.9. The van der Waals surface area contributed by atoms with Crippen LogP contribution in [0.4, 0.5) is 0 Å². The van der Waals surface area contributed by atoms with Crippen molar-refractivity contribution in [3.05, 3.63) is 119 Å². The van der Waals surface area contributed by atoms with Gasteiger partial charge in [0, 0.05) is 18.4 Å². The summed E-state index contributed by atoms with van der Waals surface area (Å²) < 4.78 is 2.10. The molecule has 1 unspecified atom stereocenters. The molecule has 4 nitrogen and oxygen atoms in total. The molecule has 0 saturated carbocycles. The van der Waals surface area contributed by atoms with Crippen LogP contribution in [-0.2, 0) is 6.54 Å². The van der Waals surface area contributed by atoms with Crippen LogP contribution in [0, 0.1) is 18.3 Å². The van der Waals surface area contributed by atoms with Gasteiger partial charge < -0.3 is 9.88 Å². The average molecular weight is 420 g/mol. The number of rotatable bonds is 6. The number of amides is 1. The van der Waals surface area contributed by atoms with Gasteiger partial charge in [-0.3, -0.25) is 4.79 Å². The number of nitrogens with one attached hydrogen (secondary N) is 1. The van der Waals surface area contributed by atoms with Crippen LogP contribution in [0.2, 0.25) is 0 Å². The molecule has 0 saturated heterocycles. The van der Waals surface area contributed by atoms with Crippen molar-refractivity contribution in [2.45, 2.75) is 26.4 Å². The van der Waals surface area contributed by atoms with Gasteiger partial charge in [-0.15, -0.1) is 0 Å². The predicted molar refractivity (Wildman–Crippen MR) is 127 cm³/mol. The molecule has 4 aromatic rings. The number of nitrogens with zero attached hydrogens (tertiary/aromatic N) is 2. The Balaban J connectivity index is 1.44. The van der Waals surface area contributed by atoms with Crippen LogP contribution in [0.1, 0.15) is 45.7 Å². The molecular formula is C28H25N3O. The number of nitriles is 1. The lowest BCUT2D eigenvalue weighted by Crippen LogP contribution is -2.27. The molecule has 3 aromatic carbocycles. The smallest absolute Gasteiger partial charge is 0.253 e. The van der Waals surface area contributed by atoms with E-state index in [1.54, 1.807) is 6.07 Å². The van der Waals surface area contributed by atoms with Crippen molar-refractivity contribution in [2.75, 3.05) is 0 Å². The van der Waals surface area contributed by atoms with E-state index in [9.17, 15) is 4.79 Å². The zero-order valence-corrected chi connectivity index (χ0v) is 18.2. The molecule has 4 rings (SSSR count). The van der Waals surface area contributed by atoms with E-state index in [2.05, 4.69) is 28.1 Å². The Bertz CT molecular complexity index is 1260. The van der Waals surface area contributed by atoms with E-state index >= 15 is 0 Å². The Labute approximate surface area is 188 Å². The third-order valence-electron chi connectivity index (χ3n) is 5.77. The van der Waals surface area contributed by atoms with Crippen molar-refractivity contribution in [1.29, 1.82) is 5.26 Å². The predicted octanol–water partition coefficient (Wildman–Crippen LogP) is 5.87. The molecule has 0 aliphatic heterocycles. The normalized spacial score (nSPS) is 11.5. The minimum absolute atomic E-state index is 0.0763. The number of carbonyl (C=O) groups excluding carboxylic acids is 1. The van der Waals surface area contributed by atoms with Gasteiger partial charge in [0.1, 0.15) is 0 Å². The molecule has 1 amide bonds. The van der Waals surface area contributed by atoms with Gasteiger partial charge in [-0.05, 0) is 54.3 Å². The fraction of sp³-hybridized carbons (Fsp3) is 0.143. The van der Waals surface area contributed by atoms with Crippen LogP contribution in [0.25, 0.3) is 11.1 Å². The van der Waals surface area contributed by atoms with E-state index in [0.29, 0.717) is 11.1 Å². The number of aromatic nitrogens is 1. The highest BCUT2D eigenvalue weighted by Gasteiger charge is 2.16. The molecule has 1 atom stereocenters. The minimum Gasteiger partial charge on any atom is -0.347 e. The zero-order chi connectivity index (χ0) is 22.5. The highest BCUT2D eigenvalue weighted by atomic mass is 16.1. The Kier molecular flexibility index (Phi) is 6.19. The topological polar surface area (TPSA) is 57.8 Å². The summed E-state index contributed by atoms with van der Waals surface area (Å²) in [6.07, 6.45) is 1.96. The SMILES string of the molecule is Cc1c(C(=O)NC(C)c2ccc(-c3cccc(C#N)c3)cc2)ccn1Cc1ccccc1. The standard InChI is InChI=1S/C28H25N3O/c1-20(24-11-13-25(14-12-24)26-10-6-9-23(17-26)18-29)30-28(32)27-15-16-31(21(27)2)19-22-7-4-3-5-8-22/h3-17,20H,19H2,1-2H3,(H,30,32). The van der Waals surface area contributed by atoms with Crippen molar-refractivity contribution in [2.24, 2.45) is 0 Å². The number of hydrogen-bond acceptors (Lipinski definition) is 2. The summed E-state index contributed by atoms with van der Waals surface area (Å²) in [5.74, 6) is -0.0763. The van der Waals surface area contributed by atoms with Crippen LogP contribution in [0.3, 0.4) is 0 Å². The zero-order valence-electron chi connectivity index (χ0n) is 18.2. The van der Waals surface area contributed by atoms with Gasteiger partial charge in [0.15, 0.2) is 0 Å². The van der Waals surface area contributed by atoms with Crippen LogP contribution in [0.15, 0.2) is 91.1 Å². The van der Waals surface area contributed by atoms with E-state index < -0.39 is 0 Å². The monoisotopic (exact) mass is 419 g/mol. The van der Waals surface area contributed by atoms with Gasteiger partial charge in [0.25, 0.3) is 5.91 Å². The third kappa shape index (κ3) is 4.63. The van der Waals surface area contributed by atoms with Gasteiger partial charge >= 0.3 is 0 Å². The molecule has 4 heteroatoms. The second kappa shape index (κ2) is 9.36. The quantitative estimate of drug-likeness (QED) is 0.425. The molecule has 0 radical (unpaired) electrons. The molecular weight excluding hydrogens is 394 g/mol. The molecule has 0 fully saturated rings. The highest BCUT2D eigenvalue weighted by Crippen LogP contribution is 2.23. The minimum atomic E-state index is -0.126. The van der Waals surface area contributed by atoms with Gasteiger partial charge in [0.05, 0.1) is 23.2 Å². The first-order valence-electron chi connectivity index (χ1n) is 10.7. The van der Waals surface area contributed by atoms with Crippen LogP contribution < -0.4 is 5.32 Å². The molecule has 1 heterocycles. The summed E-state index contributed by atoms with van der Waals surface area (Å²) in [6.45, 7) is 4.70. The Morgan fingerprint density at radius 2 is 1.72 bits per heavy atom. The first-order chi connectivity index (χ1) is 15.5. The molecule has 0 aliphatic carbocycles. The first-order valence-corrected chi connectivity index (χ1v) is 10.7. The number of carbonyl (C=O) groups is 1. The van der Waals surface area contributed by atoms with E-state index in [-0.39, 0.29) is 11.9 Å². The maximum atomic E-state index is 12.9. The fourth-order valence-corrected chi connectivity index (χ4v) is 3.83. The maximum absolute atomic E-state index is 12.9. The lowest BCUT2D eigenvalue weighted by atomic mass is 10.00. The molecule has 0 aliphatic rings. The van der Waals surface area contributed by atoms with Gasteiger partial charge in [-0.2, -0.15) is 5.26 Å².